The molecule has 0 heterocycles. The highest BCUT2D eigenvalue weighted by Crippen LogP contribution is 2.47. The molecule has 0 heteroatoms. The molecule has 0 saturated carbocycles. The van der Waals surface area contributed by atoms with Crippen molar-refractivity contribution < 1.29 is 27.4 Å². The Bertz CT molecular complexity index is 3650. The van der Waals surface area contributed by atoms with Gasteiger partial charge in [0, 0.05) is 0 Å². The third-order valence-electron chi connectivity index (χ3n) is 7.76. The van der Waals surface area contributed by atoms with Gasteiger partial charge in [0.05, 0.1) is 27.4 Å². The Morgan fingerprint density at radius 2 is 0.886 bits per heavy atom. The van der Waals surface area contributed by atoms with Gasteiger partial charge in [0.1, 0.15) is 0 Å². The summed E-state index contributed by atoms with van der Waals surface area (Å²) in [5, 5.41) is -2.40. The van der Waals surface area contributed by atoms with Crippen molar-refractivity contribution in [1.29, 1.82) is 0 Å². The summed E-state index contributed by atoms with van der Waals surface area (Å²) in [4.78, 5) is 0. The molecule has 204 valence electrons. The van der Waals surface area contributed by atoms with Crippen LogP contribution in [0.2, 0.25) is 0 Å². The molecule has 0 aromatic heterocycles. The Morgan fingerprint density at radius 1 is 0.318 bits per heavy atom. The zero-order valence-corrected chi connectivity index (χ0v) is 22.6. The van der Waals surface area contributed by atoms with Crippen LogP contribution in [0.15, 0.2) is 169 Å². The van der Waals surface area contributed by atoms with Crippen molar-refractivity contribution in [2.24, 2.45) is 0 Å². The molecule has 0 fully saturated rings. The van der Waals surface area contributed by atoms with Crippen LogP contribution in [0, 0.1) is 0 Å². The zero-order chi connectivity index (χ0) is 46.4. The van der Waals surface area contributed by atoms with Gasteiger partial charge < -0.3 is 0 Å². The second-order valence-electron chi connectivity index (χ2n) is 10.1. The van der Waals surface area contributed by atoms with Crippen LogP contribution in [0.5, 0.6) is 0 Å². The molecule has 0 atom stereocenters. The molecule has 9 aromatic carbocycles. The molecule has 0 saturated heterocycles. The maximum atomic E-state index is 10.2. The summed E-state index contributed by atoms with van der Waals surface area (Å²) < 4.78 is 182. The fourth-order valence-corrected chi connectivity index (χ4v) is 5.86. The first-order valence-corrected chi connectivity index (χ1v) is 13.6. The predicted molar refractivity (Wildman–Crippen MR) is 190 cm³/mol. The van der Waals surface area contributed by atoms with E-state index in [9.17, 15) is 9.60 Å². The Balaban J connectivity index is 1.73. The van der Waals surface area contributed by atoms with Crippen molar-refractivity contribution in [2.45, 2.75) is 0 Å². The molecule has 44 heavy (non-hydrogen) atoms. The minimum absolute atomic E-state index is 0.179. The molecule has 0 N–H and O–H groups in total. The Hall–Kier alpha value is -5.72. The highest BCUT2D eigenvalue weighted by Gasteiger charge is 2.20. The van der Waals surface area contributed by atoms with Crippen LogP contribution in [0.4, 0.5) is 0 Å². The normalized spacial score (nSPS) is 18.0. The van der Waals surface area contributed by atoms with E-state index in [-0.39, 0.29) is 21.9 Å². The first kappa shape index (κ1) is 12.1. The minimum atomic E-state index is -0.853. The molecule has 0 spiro atoms. The van der Waals surface area contributed by atoms with Crippen molar-refractivity contribution in [2.75, 3.05) is 0 Å². The van der Waals surface area contributed by atoms with Gasteiger partial charge in [-0.25, -0.2) is 0 Å². The smallest absolute Gasteiger partial charge is 0.0616 e. The molecule has 0 unspecified atom stereocenters. The fraction of sp³-hybridized carbons (Fsp3) is 0. The van der Waals surface area contributed by atoms with Crippen molar-refractivity contribution in [3.63, 3.8) is 0 Å². The molecule has 0 nitrogen and oxygen atoms in total. The Labute approximate surface area is 284 Å². The van der Waals surface area contributed by atoms with Gasteiger partial charge in [-0.15, -0.1) is 0 Å². The molecule has 9 aromatic rings. The quantitative estimate of drug-likeness (QED) is 0.184. The van der Waals surface area contributed by atoms with E-state index in [1.54, 1.807) is 42.5 Å². The van der Waals surface area contributed by atoms with Gasteiger partial charge in [0.15, 0.2) is 0 Å². The summed E-state index contributed by atoms with van der Waals surface area (Å²) in [6.07, 6.45) is 0. The van der Waals surface area contributed by atoms with Gasteiger partial charge in [-0.05, 0) is 93.3 Å². The Kier molecular flexibility index (Phi) is 2.73. The SMILES string of the molecule is [2H]c1cc2c(-c3c4c([2H])c([2H])c([2H])c([2H])c4c(-c4c([2H])c([2H])c([2H])c5c([2H])c([2H])c([2H])c([2H])c45)c4c([2H])c(-c5cccc6ccccc56)c([2H])c([2H])c34)c([2H])c([2H])c([2H])c2c([2H])c1[2H]. The summed E-state index contributed by atoms with van der Waals surface area (Å²) in [5.41, 5.74) is -1.82. The van der Waals surface area contributed by atoms with Crippen LogP contribution in [0.3, 0.4) is 0 Å². The van der Waals surface area contributed by atoms with Crippen LogP contribution in [0.25, 0.3) is 87.2 Å². The average molecular weight is 577 g/mol. The van der Waals surface area contributed by atoms with Crippen molar-refractivity contribution in [1.82, 2.24) is 0 Å². The second-order valence-corrected chi connectivity index (χ2v) is 10.1. The number of hydrogen-bond donors (Lipinski definition) is 0. The standard InChI is InChI=1S/C44H28/c1-4-18-33-29(12-1)15-9-23-36(33)32-26-27-41-42(28-32)44(38-25-11-17-31-14-3-6-20-35(31)38)40-22-8-7-21-39(40)43(41)37-24-10-16-30-13-2-5-19-34(30)37/h1-28H/i2D,3D,5D,6D,7D,8D,10D,11D,13D,14D,16D,17D,20D,21D,22D,24D,25D,26D,27D,28D. The summed E-state index contributed by atoms with van der Waals surface area (Å²) in [6.45, 7) is 0. The van der Waals surface area contributed by atoms with E-state index in [4.69, 9.17) is 17.8 Å². The van der Waals surface area contributed by atoms with Crippen molar-refractivity contribution in [3.05, 3.63) is 169 Å². The number of fused-ring (bicyclic) bond motifs is 5. The lowest BCUT2D eigenvalue weighted by Crippen LogP contribution is -1.93. The van der Waals surface area contributed by atoms with Gasteiger partial charge in [-0.1, -0.05) is 163 Å². The third-order valence-corrected chi connectivity index (χ3v) is 7.76. The van der Waals surface area contributed by atoms with E-state index in [0.717, 1.165) is 6.07 Å². The number of benzene rings is 9. The van der Waals surface area contributed by atoms with Crippen LogP contribution >= 0.6 is 0 Å². The van der Waals surface area contributed by atoms with Crippen LogP contribution < -0.4 is 0 Å². The van der Waals surface area contributed by atoms with E-state index >= 15 is 0 Å². The van der Waals surface area contributed by atoms with Crippen LogP contribution in [0.1, 0.15) is 27.4 Å². The van der Waals surface area contributed by atoms with E-state index < -0.39 is 175 Å². The summed E-state index contributed by atoms with van der Waals surface area (Å²) in [7, 11) is 0. The first-order chi connectivity index (χ1) is 30.2. The lowest BCUT2D eigenvalue weighted by atomic mass is 9.82. The van der Waals surface area contributed by atoms with Gasteiger partial charge in [-0.2, -0.15) is 0 Å². The van der Waals surface area contributed by atoms with Crippen LogP contribution in [-0.4, -0.2) is 0 Å². The molecule has 0 aliphatic rings. The molecular weight excluding hydrogens is 528 g/mol. The summed E-state index contributed by atoms with van der Waals surface area (Å²) >= 11 is 0. The summed E-state index contributed by atoms with van der Waals surface area (Å²) in [6, 6.07) is -1.76. The number of rotatable bonds is 3. The van der Waals surface area contributed by atoms with Gasteiger partial charge >= 0.3 is 0 Å². The second kappa shape index (κ2) is 9.93. The molecule has 0 radical (unpaired) electrons. The largest absolute Gasteiger partial charge is 0.0636 e. The maximum Gasteiger partial charge on any atom is 0.0636 e. The topological polar surface area (TPSA) is 0 Å². The van der Waals surface area contributed by atoms with Crippen LogP contribution in [-0.2, 0) is 0 Å². The highest BCUT2D eigenvalue weighted by atomic mass is 14.2. The lowest BCUT2D eigenvalue weighted by Gasteiger charge is -2.20. The summed E-state index contributed by atoms with van der Waals surface area (Å²) in [5.74, 6) is 0. The predicted octanol–water partition coefficient (Wildman–Crippen LogP) is 12.5. The molecule has 9 rings (SSSR count). The molecule has 0 amide bonds. The molecular formula is C44H28. The molecule has 0 aliphatic heterocycles. The van der Waals surface area contributed by atoms with E-state index in [0.29, 0.717) is 10.8 Å². The Morgan fingerprint density at radius 3 is 1.70 bits per heavy atom. The van der Waals surface area contributed by atoms with Gasteiger partial charge in [0.25, 0.3) is 0 Å². The van der Waals surface area contributed by atoms with E-state index in [2.05, 4.69) is 0 Å². The highest BCUT2D eigenvalue weighted by molar-refractivity contribution is 6.25. The maximum absolute atomic E-state index is 10.2. The first-order valence-electron chi connectivity index (χ1n) is 23.6. The van der Waals surface area contributed by atoms with Crippen molar-refractivity contribution in [3.8, 4) is 33.4 Å². The van der Waals surface area contributed by atoms with Gasteiger partial charge in [0.2, 0.25) is 0 Å². The molecule has 0 aliphatic carbocycles. The lowest BCUT2D eigenvalue weighted by molar-refractivity contribution is 1.66. The van der Waals surface area contributed by atoms with Crippen molar-refractivity contribution >= 4 is 53.9 Å². The average Bonchev–Trinajstić information content (AvgIpc) is 3.27. The molecule has 0 bridgehead atoms. The third kappa shape index (κ3) is 3.78. The van der Waals surface area contributed by atoms with E-state index in [1.807, 2.05) is 0 Å². The zero-order valence-electron chi connectivity index (χ0n) is 42.6. The minimum Gasteiger partial charge on any atom is -0.0616 e. The fourth-order valence-electron chi connectivity index (χ4n) is 5.86. The number of hydrogen-bond acceptors (Lipinski definition) is 0. The van der Waals surface area contributed by atoms with E-state index in [1.165, 1.54) is 0 Å². The van der Waals surface area contributed by atoms with Gasteiger partial charge in [-0.3, -0.25) is 0 Å². The monoisotopic (exact) mass is 576 g/mol.